The number of benzene rings is 1. The number of nitro groups is 1. The monoisotopic (exact) mass is 319 g/mol. The molecule has 2 aromatic rings. The Labute approximate surface area is 128 Å². The molecule has 1 N–H and O–H groups in total. The van der Waals surface area contributed by atoms with Gasteiger partial charge in [0.15, 0.2) is 5.17 Å². The van der Waals surface area contributed by atoms with Crippen molar-refractivity contribution < 1.29 is 14.2 Å². The number of nitrogens with zero attached hydrogens (tertiary/aromatic N) is 4. The Morgan fingerprint density at radius 2 is 2.14 bits per heavy atom. The number of aromatic nitrogens is 2. The smallest absolute Gasteiger partial charge is 0.292 e. The van der Waals surface area contributed by atoms with Gasteiger partial charge in [-0.25, -0.2) is 0 Å². The number of thioether (sulfide) groups is 1. The van der Waals surface area contributed by atoms with Gasteiger partial charge in [0, 0.05) is 11.3 Å². The number of hydrogen-bond acceptors (Lipinski definition) is 8. The molecule has 22 heavy (non-hydrogen) atoms. The maximum Gasteiger partial charge on any atom is 0.292 e. The summed E-state index contributed by atoms with van der Waals surface area (Å²) in [6, 6.07) is 6.15. The third kappa shape index (κ3) is 3.99. The average molecular weight is 319 g/mol. The topological polar surface area (TPSA) is 124 Å². The second-order valence-electron chi connectivity index (χ2n) is 3.73. The molecule has 0 atom stereocenters. The van der Waals surface area contributed by atoms with Crippen LogP contribution in [0.1, 0.15) is 0 Å². The Balaban J connectivity index is 0.000000299. The van der Waals surface area contributed by atoms with Gasteiger partial charge in [0.2, 0.25) is 0 Å². The van der Waals surface area contributed by atoms with Gasteiger partial charge >= 0.3 is 0 Å². The van der Waals surface area contributed by atoms with Crippen LogP contribution in [0.5, 0.6) is 0 Å². The maximum atomic E-state index is 11.1. The lowest BCUT2D eigenvalue weighted by Crippen LogP contribution is -2.06. The number of carbonyl (C=O) groups is 1. The SMILES string of the molecule is C=C1SC(Nc2ccccc2[N+](=O)[O-])=NC1=O.c1conn1. The number of amides is 1. The highest BCUT2D eigenvalue weighted by atomic mass is 32.2. The van der Waals surface area contributed by atoms with Crippen molar-refractivity contribution in [1.29, 1.82) is 0 Å². The number of anilines is 1. The van der Waals surface area contributed by atoms with Crippen LogP contribution < -0.4 is 5.32 Å². The van der Waals surface area contributed by atoms with Gasteiger partial charge in [-0.05, 0) is 17.8 Å². The molecule has 2 heterocycles. The van der Waals surface area contributed by atoms with E-state index in [1.165, 1.54) is 18.5 Å². The van der Waals surface area contributed by atoms with E-state index in [1.807, 2.05) is 0 Å². The molecule has 1 aliphatic rings. The van der Waals surface area contributed by atoms with Crippen LogP contribution >= 0.6 is 11.8 Å². The van der Waals surface area contributed by atoms with Gasteiger partial charge < -0.3 is 9.84 Å². The molecule has 0 saturated carbocycles. The number of rotatable bonds is 2. The van der Waals surface area contributed by atoms with Crippen molar-refractivity contribution in [3.63, 3.8) is 0 Å². The summed E-state index contributed by atoms with van der Waals surface area (Å²) in [5.41, 5.74) is 0.229. The van der Waals surface area contributed by atoms with Crippen LogP contribution in [0, 0.1) is 10.1 Å². The van der Waals surface area contributed by atoms with Crippen LogP contribution in [-0.2, 0) is 4.79 Å². The molecule has 0 radical (unpaired) electrons. The second-order valence-corrected chi connectivity index (χ2v) is 4.82. The van der Waals surface area contributed by atoms with E-state index in [1.54, 1.807) is 18.2 Å². The van der Waals surface area contributed by atoms with Crippen LogP contribution in [0.3, 0.4) is 0 Å². The zero-order chi connectivity index (χ0) is 15.9. The maximum absolute atomic E-state index is 11.1. The fourth-order valence-corrected chi connectivity index (χ4v) is 2.04. The summed E-state index contributed by atoms with van der Waals surface area (Å²) in [6.07, 6.45) is 2.88. The summed E-state index contributed by atoms with van der Waals surface area (Å²) < 4.78 is 4.22. The minimum absolute atomic E-state index is 0.0687. The molecule has 0 spiro atoms. The van der Waals surface area contributed by atoms with Gasteiger partial charge in [0.05, 0.1) is 16.0 Å². The summed E-state index contributed by atoms with van der Waals surface area (Å²) >= 11 is 1.06. The summed E-state index contributed by atoms with van der Waals surface area (Å²) in [4.78, 5) is 25.3. The first-order valence-corrected chi connectivity index (χ1v) is 6.61. The number of para-hydroxylation sites is 2. The molecule has 0 fully saturated rings. The zero-order valence-corrected chi connectivity index (χ0v) is 11.8. The van der Waals surface area contributed by atoms with E-state index >= 15 is 0 Å². The van der Waals surface area contributed by atoms with Crippen molar-refractivity contribution in [2.45, 2.75) is 0 Å². The summed E-state index contributed by atoms with van der Waals surface area (Å²) in [6.45, 7) is 3.51. The first-order chi connectivity index (χ1) is 10.6. The van der Waals surface area contributed by atoms with Crippen molar-refractivity contribution in [2.75, 3.05) is 5.32 Å². The highest BCUT2D eigenvalue weighted by Gasteiger charge is 2.22. The molecular weight excluding hydrogens is 310 g/mol. The molecule has 112 valence electrons. The largest absolute Gasteiger partial charge is 0.346 e. The summed E-state index contributed by atoms with van der Waals surface area (Å²) in [7, 11) is 0. The van der Waals surface area contributed by atoms with E-state index in [4.69, 9.17) is 0 Å². The Bertz CT molecular complexity index is 712. The van der Waals surface area contributed by atoms with Gasteiger partial charge in [-0.3, -0.25) is 14.9 Å². The summed E-state index contributed by atoms with van der Waals surface area (Å²) in [5, 5.41) is 20.2. The minimum atomic E-state index is -0.501. The molecular formula is C12H9N5O4S. The lowest BCUT2D eigenvalue weighted by molar-refractivity contribution is -0.383. The number of aliphatic imine (C=N–C) groups is 1. The van der Waals surface area contributed by atoms with Crippen LogP contribution in [0.15, 0.2) is 57.7 Å². The number of hydrogen-bond donors (Lipinski definition) is 1. The standard InChI is InChI=1S/C10H7N3O3S.C2H2N2O/c1-6-9(14)12-10(17-6)11-7-4-2-3-5-8(7)13(15)16;1-2-5-4-3-1/h2-5H,1H2,(H,11,12,14);1-2H. The van der Waals surface area contributed by atoms with E-state index in [-0.39, 0.29) is 5.69 Å². The molecule has 1 aromatic carbocycles. The van der Waals surface area contributed by atoms with Crippen molar-refractivity contribution >= 4 is 34.2 Å². The first kappa shape index (κ1) is 15.4. The van der Waals surface area contributed by atoms with E-state index in [9.17, 15) is 14.9 Å². The number of carbonyl (C=O) groups excluding carboxylic acids is 1. The van der Waals surface area contributed by atoms with Crippen molar-refractivity contribution in [1.82, 2.24) is 10.4 Å². The normalized spacial score (nSPS) is 13.2. The Hall–Kier alpha value is -3.01. The number of nitrogens with one attached hydrogen (secondary N) is 1. The molecule has 1 aliphatic heterocycles. The van der Waals surface area contributed by atoms with Gasteiger partial charge in [0.25, 0.3) is 11.6 Å². The van der Waals surface area contributed by atoms with E-state index in [2.05, 4.69) is 31.8 Å². The minimum Gasteiger partial charge on any atom is -0.346 e. The first-order valence-electron chi connectivity index (χ1n) is 5.79. The number of amidine groups is 1. The molecule has 1 amide bonds. The second kappa shape index (κ2) is 7.13. The van der Waals surface area contributed by atoms with Gasteiger partial charge in [0.1, 0.15) is 12.0 Å². The van der Waals surface area contributed by atoms with Crippen molar-refractivity contribution in [3.8, 4) is 0 Å². The molecule has 1 aromatic heterocycles. The lowest BCUT2D eigenvalue weighted by atomic mass is 10.3. The molecule has 9 nitrogen and oxygen atoms in total. The molecule has 10 heteroatoms. The van der Waals surface area contributed by atoms with Gasteiger partial charge in [-0.2, -0.15) is 4.99 Å². The third-order valence-corrected chi connectivity index (χ3v) is 3.09. The highest BCUT2D eigenvalue weighted by molar-refractivity contribution is 8.18. The molecule has 0 unspecified atom stereocenters. The van der Waals surface area contributed by atoms with E-state index in [0.717, 1.165) is 11.8 Å². The lowest BCUT2D eigenvalue weighted by Gasteiger charge is -2.04. The van der Waals surface area contributed by atoms with Crippen LogP contribution in [0.2, 0.25) is 0 Å². The predicted octanol–water partition coefficient (Wildman–Crippen LogP) is 2.22. The highest BCUT2D eigenvalue weighted by Crippen LogP contribution is 2.29. The van der Waals surface area contributed by atoms with Crippen molar-refractivity contribution in [3.05, 3.63) is 58.3 Å². The summed E-state index contributed by atoms with van der Waals surface area (Å²) in [5.74, 6) is -0.420. The third-order valence-electron chi connectivity index (χ3n) is 2.29. The predicted molar refractivity (Wildman–Crippen MR) is 80.2 cm³/mol. The van der Waals surface area contributed by atoms with Crippen LogP contribution in [0.4, 0.5) is 11.4 Å². The zero-order valence-electron chi connectivity index (χ0n) is 11.0. The Kier molecular flexibility index (Phi) is 4.98. The molecule has 3 rings (SSSR count). The Morgan fingerprint density at radius 3 is 2.64 bits per heavy atom. The average Bonchev–Trinajstić information content (AvgIpc) is 3.14. The molecule has 0 aliphatic carbocycles. The van der Waals surface area contributed by atoms with E-state index < -0.39 is 10.8 Å². The Morgan fingerprint density at radius 1 is 1.36 bits per heavy atom. The van der Waals surface area contributed by atoms with Crippen LogP contribution in [-0.4, -0.2) is 26.4 Å². The quantitative estimate of drug-likeness (QED) is 0.507. The van der Waals surface area contributed by atoms with Gasteiger partial charge in [-0.1, -0.05) is 18.7 Å². The van der Waals surface area contributed by atoms with Crippen molar-refractivity contribution in [2.24, 2.45) is 4.99 Å². The fraction of sp³-hybridized carbons (Fsp3) is 0. The molecule has 0 saturated heterocycles. The van der Waals surface area contributed by atoms with Gasteiger partial charge in [-0.15, -0.1) is 5.10 Å². The van der Waals surface area contributed by atoms with Crippen LogP contribution in [0.25, 0.3) is 0 Å². The number of nitro benzene ring substituents is 1. The van der Waals surface area contributed by atoms with E-state index in [0.29, 0.717) is 15.8 Å². The fourth-order valence-electron chi connectivity index (χ4n) is 1.38. The molecule has 0 bridgehead atoms.